The van der Waals surface area contributed by atoms with E-state index in [1.54, 1.807) is 4.90 Å². The lowest BCUT2D eigenvalue weighted by molar-refractivity contribution is 0.0302. The molecule has 1 rings (SSSR count). The summed E-state index contributed by atoms with van der Waals surface area (Å²) >= 11 is 0. The van der Waals surface area contributed by atoms with Crippen molar-refractivity contribution < 1.29 is 9.53 Å². The second kappa shape index (κ2) is 4.09. The van der Waals surface area contributed by atoms with E-state index in [2.05, 4.69) is 6.58 Å². The Bertz CT molecular complexity index is 310. The first-order chi connectivity index (χ1) is 6.79. The molecule has 0 aromatic heterocycles. The summed E-state index contributed by atoms with van der Waals surface area (Å²) in [5, 5.41) is 0. The molecule has 1 heterocycles. The third-order valence-electron chi connectivity index (χ3n) is 2.12. The van der Waals surface area contributed by atoms with Crippen molar-refractivity contribution in [3.05, 3.63) is 23.8 Å². The minimum absolute atomic E-state index is 0.255. The zero-order chi connectivity index (χ0) is 11.6. The summed E-state index contributed by atoms with van der Waals surface area (Å²) in [6.45, 7) is 12.7. The number of amides is 1. The van der Waals surface area contributed by atoms with Gasteiger partial charge in [-0.05, 0) is 33.3 Å². The first-order valence-corrected chi connectivity index (χ1v) is 5.12. The lowest BCUT2D eigenvalue weighted by Gasteiger charge is -2.24. The van der Waals surface area contributed by atoms with Gasteiger partial charge < -0.3 is 9.64 Å². The van der Waals surface area contributed by atoms with Crippen LogP contribution >= 0.6 is 0 Å². The van der Waals surface area contributed by atoms with E-state index in [-0.39, 0.29) is 6.09 Å². The molecule has 1 aliphatic rings. The van der Waals surface area contributed by atoms with Crippen molar-refractivity contribution in [1.82, 2.24) is 4.90 Å². The molecule has 3 nitrogen and oxygen atoms in total. The van der Waals surface area contributed by atoms with E-state index in [1.165, 1.54) is 0 Å². The van der Waals surface area contributed by atoms with Crippen molar-refractivity contribution in [1.29, 1.82) is 0 Å². The molecule has 0 saturated heterocycles. The Labute approximate surface area is 91.4 Å². The normalized spacial score (nSPS) is 16.3. The highest BCUT2D eigenvalue weighted by Gasteiger charge is 2.25. The molecular weight excluding hydrogens is 190 g/mol. The van der Waals surface area contributed by atoms with E-state index < -0.39 is 5.60 Å². The van der Waals surface area contributed by atoms with Crippen LogP contribution in [0.3, 0.4) is 0 Å². The molecule has 1 amide bonds. The minimum Gasteiger partial charge on any atom is -0.444 e. The third kappa shape index (κ3) is 3.42. The molecule has 15 heavy (non-hydrogen) atoms. The molecule has 0 N–H and O–H groups in total. The van der Waals surface area contributed by atoms with Crippen LogP contribution in [0.25, 0.3) is 0 Å². The van der Waals surface area contributed by atoms with Gasteiger partial charge in [0.1, 0.15) is 5.60 Å². The van der Waals surface area contributed by atoms with Gasteiger partial charge in [0.2, 0.25) is 0 Å². The first-order valence-electron chi connectivity index (χ1n) is 5.12. The average molecular weight is 209 g/mol. The molecule has 84 valence electrons. The predicted octanol–water partition coefficient (Wildman–Crippen LogP) is 2.74. The van der Waals surface area contributed by atoms with Crippen LogP contribution in [0.15, 0.2) is 23.8 Å². The van der Waals surface area contributed by atoms with E-state index in [0.717, 1.165) is 11.1 Å². The van der Waals surface area contributed by atoms with Crippen molar-refractivity contribution in [3.8, 4) is 0 Å². The topological polar surface area (TPSA) is 29.5 Å². The standard InChI is InChI=1S/C12H19NO2/c1-9(2)10-6-7-13(8-10)11(14)15-12(3,4)5/h6H,1,7-8H2,2-5H3. The van der Waals surface area contributed by atoms with Crippen molar-refractivity contribution in [2.45, 2.75) is 33.3 Å². The number of hydrogen-bond acceptors (Lipinski definition) is 2. The van der Waals surface area contributed by atoms with E-state index in [4.69, 9.17) is 4.74 Å². The van der Waals surface area contributed by atoms with Crippen LogP contribution in [0.1, 0.15) is 27.7 Å². The summed E-state index contributed by atoms with van der Waals surface area (Å²) in [5.74, 6) is 0. The molecule has 0 aliphatic carbocycles. The largest absolute Gasteiger partial charge is 0.444 e. The molecule has 0 spiro atoms. The maximum Gasteiger partial charge on any atom is 0.410 e. The van der Waals surface area contributed by atoms with E-state index >= 15 is 0 Å². The molecule has 3 heteroatoms. The molecule has 0 unspecified atom stereocenters. The number of carbonyl (C=O) groups excluding carboxylic acids is 1. The Kier molecular flexibility index (Phi) is 3.22. The maximum atomic E-state index is 11.7. The molecule has 1 aliphatic heterocycles. The highest BCUT2D eigenvalue weighted by Crippen LogP contribution is 2.18. The molecule has 0 radical (unpaired) electrons. The van der Waals surface area contributed by atoms with Crippen LogP contribution in [0.5, 0.6) is 0 Å². The second-order valence-electron chi connectivity index (χ2n) is 4.87. The summed E-state index contributed by atoms with van der Waals surface area (Å²) in [4.78, 5) is 13.3. The van der Waals surface area contributed by atoms with Gasteiger partial charge >= 0.3 is 6.09 Å². The molecule has 0 bridgehead atoms. The van der Waals surface area contributed by atoms with Gasteiger partial charge in [-0.15, -0.1) is 0 Å². The van der Waals surface area contributed by atoms with Crippen LogP contribution in [0, 0.1) is 0 Å². The highest BCUT2D eigenvalue weighted by atomic mass is 16.6. The molecular formula is C12H19NO2. The third-order valence-corrected chi connectivity index (χ3v) is 2.12. The van der Waals surface area contributed by atoms with Gasteiger partial charge in [-0.3, -0.25) is 0 Å². The first kappa shape index (κ1) is 11.8. The van der Waals surface area contributed by atoms with Crippen LogP contribution in [0.4, 0.5) is 4.79 Å². The van der Waals surface area contributed by atoms with Crippen LogP contribution in [-0.4, -0.2) is 29.7 Å². The van der Waals surface area contributed by atoms with Crippen molar-refractivity contribution in [2.24, 2.45) is 0 Å². The minimum atomic E-state index is -0.428. The molecule has 0 saturated carbocycles. The number of nitrogens with zero attached hydrogens (tertiary/aromatic N) is 1. The molecule has 0 atom stereocenters. The number of hydrogen-bond donors (Lipinski definition) is 0. The molecule has 0 fully saturated rings. The number of rotatable bonds is 1. The van der Waals surface area contributed by atoms with Gasteiger partial charge in [-0.2, -0.15) is 0 Å². The lowest BCUT2D eigenvalue weighted by Crippen LogP contribution is -2.35. The van der Waals surface area contributed by atoms with Crippen LogP contribution in [0.2, 0.25) is 0 Å². The monoisotopic (exact) mass is 209 g/mol. The quantitative estimate of drug-likeness (QED) is 0.664. The van der Waals surface area contributed by atoms with E-state index in [9.17, 15) is 4.79 Å². The van der Waals surface area contributed by atoms with Crippen LogP contribution in [-0.2, 0) is 4.74 Å². The van der Waals surface area contributed by atoms with Gasteiger partial charge in [0.05, 0.1) is 0 Å². The van der Waals surface area contributed by atoms with Gasteiger partial charge in [-0.25, -0.2) is 4.79 Å². The fourth-order valence-corrected chi connectivity index (χ4v) is 1.33. The van der Waals surface area contributed by atoms with Gasteiger partial charge in [0.25, 0.3) is 0 Å². The Morgan fingerprint density at radius 2 is 2.13 bits per heavy atom. The summed E-state index contributed by atoms with van der Waals surface area (Å²) in [7, 11) is 0. The van der Waals surface area contributed by atoms with Gasteiger partial charge in [0.15, 0.2) is 0 Å². The second-order valence-corrected chi connectivity index (χ2v) is 4.87. The Morgan fingerprint density at radius 3 is 2.53 bits per heavy atom. The van der Waals surface area contributed by atoms with Crippen molar-refractivity contribution >= 4 is 6.09 Å². The number of carbonyl (C=O) groups is 1. The van der Waals surface area contributed by atoms with Crippen molar-refractivity contribution in [3.63, 3.8) is 0 Å². The average Bonchev–Trinajstić information content (AvgIpc) is 2.47. The lowest BCUT2D eigenvalue weighted by atomic mass is 10.1. The summed E-state index contributed by atoms with van der Waals surface area (Å²) in [6, 6.07) is 0. The predicted molar refractivity (Wildman–Crippen MR) is 60.7 cm³/mol. The fraction of sp³-hybridized carbons (Fsp3) is 0.583. The SMILES string of the molecule is C=C(C)C1=CCN(C(=O)OC(C)(C)C)C1. The molecule has 0 aromatic carbocycles. The van der Waals surface area contributed by atoms with Gasteiger partial charge in [-0.1, -0.05) is 18.2 Å². The molecule has 0 aromatic rings. The Hall–Kier alpha value is -1.25. The Morgan fingerprint density at radius 1 is 1.53 bits per heavy atom. The van der Waals surface area contributed by atoms with Crippen molar-refractivity contribution in [2.75, 3.05) is 13.1 Å². The number of ether oxygens (including phenoxy) is 1. The van der Waals surface area contributed by atoms with E-state index in [1.807, 2.05) is 33.8 Å². The van der Waals surface area contributed by atoms with Gasteiger partial charge in [0, 0.05) is 13.1 Å². The fourth-order valence-electron chi connectivity index (χ4n) is 1.33. The zero-order valence-electron chi connectivity index (χ0n) is 9.96. The zero-order valence-corrected chi connectivity index (χ0v) is 9.96. The summed E-state index contributed by atoms with van der Waals surface area (Å²) in [6.07, 6.45) is 1.77. The van der Waals surface area contributed by atoms with E-state index in [0.29, 0.717) is 13.1 Å². The summed E-state index contributed by atoms with van der Waals surface area (Å²) < 4.78 is 5.27. The maximum absolute atomic E-state index is 11.7. The smallest absolute Gasteiger partial charge is 0.410 e. The Balaban J connectivity index is 2.50. The highest BCUT2D eigenvalue weighted by molar-refractivity contribution is 5.70. The van der Waals surface area contributed by atoms with Crippen LogP contribution < -0.4 is 0 Å². The summed E-state index contributed by atoms with van der Waals surface area (Å²) in [5.41, 5.74) is 1.71.